The standard InChI is InChI=1S/C17H18BrNO4S/c1-17(2,3)14-11(18)12(13(24-14)15(20)21)19-16(22)23-9-10-7-5-4-6-8-10/h4-8H,9H2,1-3H3,(H,19,22)(H,20,21). The normalized spacial score (nSPS) is 11.2. The number of hydrogen-bond acceptors (Lipinski definition) is 4. The van der Waals surface area contributed by atoms with Gasteiger partial charge in [0.25, 0.3) is 0 Å². The van der Waals surface area contributed by atoms with Crippen molar-refractivity contribution in [1.29, 1.82) is 0 Å². The fourth-order valence-electron chi connectivity index (χ4n) is 2.02. The number of aromatic carboxylic acids is 1. The van der Waals surface area contributed by atoms with Crippen LogP contribution in [0.4, 0.5) is 10.5 Å². The van der Waals surface area contributed by atoms with Gasteiger partial charge in [-0.25, -0.2) is 9.59 Å². The Labute approximate surface area is 152 Å². The van der Waals surface area contributed by atoms with Crippen molar-refractivity contribution >= 4 is 45.0 Å². The number of thiophene rings is 1. The first kappa shape index (κ1) is 18.5. The lowest BCUT2D eigenvalue weighted by atomic mass is 9.94. The number of hydrogen-bond donors (Lipinski definition) is 2. The Kier molecular flexibility index (Phi) is 5.66. The topological polar surface area (TPSA) is 75.6 Å². The summed E-state index contributed by atoms with van der Waals surface area (Å²) in [6.45, 7) is 6.05. The van der Waals surface area contributed by atoms with Crippen molar-refractivity contribution < 1.29 is 19.4 Å². The minimum atomic E-state index is -1.09. The van der Waals surface area contributed by atoms with Crippen LogP contribution in [0.15, 0.2) is 34.8 Å². The summed E-state index contributed by atoms with van der Waals surface area (Å²) in [4.78, 5) is 24.4. The zero-order chi connectivity index (χ0) is 17.9. The van der Waals surface area contributed by atoms with E-state index in [9.17, 15) is 14.7 Å². The van der Waals surface area contributed by atoms with Gasteiger partial charge in [0.05, 0.1) is 10.2 Å². The van der Waals surface area contributed by atoms with Crippen molar-refractivity contribution in [3.8, 4) is 0 Å². The summed E-state index contributed by atoms with van der Waals surface area (Å²) in [5.74, 6) is -1.09. The van der Waals surface area contributed by atoms with Crippen LogP contribution in [0.5, 0.6) is 0 Å². The highest BCUT2D eigenvalue weighted by atomic mass is 79.9. The van der Waals surface area contributed by atoms with Crippen LogP contribution in [0, 0.1) is 0 Å². The first-order valence-electron chi connectivity index (χ1n) is 7.24. The molecule has 0 saturated heterocycles. The molecule has 1 heterocycles. The van der Waals surface area contributed by atoms with Crippen molar-refractivity contribution in [3.63, 3.8) is 0 Å². The van der Waals surface area contributed by atoms with E-state index in [0.29, 0.717) is 4.47 Å². The Morgan fingerprint density at radius 1 is 1.25 bits per heavy atom. The number of benzene rings is 1. The quantitative estimate of drug-likeness (QED) is 0.719. The van der Waals surface area contributed by atoms with Crippen LogP contribution in [0.3, 0.4) is 0 Å². The number of carboxylic acid groups (broad SMARTS) is 1. The van der Waals surface area contributed by atoms with Gasteiger partial charge in [-0.2, -0.15) is 0 Å². The predicted octanol–water partition coefficient (Wildman–Crippen LogP) is 5.26. The number of nitrogens with one attached hydrogen (secondary N) is 1. The molecule has 2 aromatic rings. The molecule has 2 rings (SSSR count). The van der Waals surface area contributed by atoms with Gasteiger partial charge in [0, 0.05) is 4.88 Å². The van der Waals surface area contributed by atoms with Crippen molar-refractivity contribution in [3.05, 3.63) is 50.1 Å². The molecule has 7 heteroatoms. The zero-order valence-electron chi connectivity index (χ0n) is 13.6. The molecular formula is C17H18BrNO4S. The van der Waals surface area contributed by atoms with Gasteiger partial charge in [0.15, 0.2) is 0 Å². The first-order chi connectivity index (χ1) is 11.2. The minimum absolute atomic E-state index is 0.0726. The third kappa shape index (κ3) is 4.36. The highest BCUT2D eigenvalue weighted by Crippen LogP contribution is 2.44. The lowest BCUT2D eigenvalue weighted by Gasteiger charge is -2.17. The van der Waals surface area contributed by atoms with Crippen LogP contribution in [0.2, 0.25) is 0 Å². The molecule has 1 aromatic carbocycles. The Hall–Kier alpha value is -1.86. The van der Waals surface area contributed by atoms with Gasteiger partial charge in [-0.1, -0.05) is 51.1 Å². The lowest BCUT2D eigenvalue weighted by Crippen LogP contribution is -2.15. The Balaban J connectivity index is 2.17. The van der Waals surface area contributed by atoms with Gasteiger partial charge < -0.3 is 9.84 Å². The van der Waals surface area contributed by atoms with Crippen LogP contribution in [-0.4, -0.2) is 17.2 Å². The van der Waals surface area contributed by atoms with Crippen LogP contribution in [0.25, 0.3) is 0 Å². The van der Waals surface area contributed by atoms with Gasteiger partial charge in [-0.15, -0.1) is 11.3 Å². The van der Waals surface area contributed by atoms with Gasteiger partial charge >= 0.3 is 12.1 Å². The smallest absolute Gasteiger partial charge is 0.412 e. The maximum absolute atomic E-state index is 12.0. The second-order valence-electron chi connectivity index (χ2n) is 6.19. The molecule has 0 aliphatic rings. The summed E-state index contributed by atoms with van der Waals surface area (Å²) in [6.07, 6.45) is -0.694. The maximum atomic E-state index is 12.0. The molecule has 0 bridgehead atoms. The summed E-state index contributed by atoms with van der Waals surface area (Å²) in [6, 6.07) is 9.26. The number of rotatable bonds is 4. The van der Waals surface area contributed by atoms with Gasteiger partial charge in [-0.05, 0) is 26.9 Å². The van der Waals surface area contributed by atoms with E-state index in [1.54, 1.807) is 0 Å². The number of carbonyl (C=O) groups excluding carboxylic acids is 1. The Morgan fingerprint density at radius 3 is 2.42 bits per heavy atom. The number of anilines is 1. The maximum Gasteiger partial charge on any atom is 0.412 e. The van der Waals surface area contributed by atoms with Crippen LogP contribution in [-0.2, 0) is 16.8 Å². The van der Waals surface area contributed by atoms with Crippen molar-refractivity contribution in [2.24, 2.45) is 0 Å². The Bertz CT molecular complexity index is 750. The fraction of sp³-hybridized carbons (Fsp3) is 0.294. The fourth-order valence-corrected chi connectivity index (χ4v) is 4.33. The number of carbonyl (C=O) groups is 2. The molecule has 1 aromatic heterocycles. The molecule has 0 saturated carbocycles. The largest absolute Gasteiger partial charge is 0.477 e. The van der Waals surface area contributed by atoms with E-state index in [1.165, 1.54) is 0 Å². The van der Waals surface area contributed by atoms with E-state index in [4.69, 9.17) is 4.74 Å². The van der Waals surface area contributed by atoms with Gasteiger partial charge in [0.1, 0.15) is 11.5 Å². The predicted molar refractivity (Wildman–Crippen MR) is 97.9 cm³/mol. The summed E-state index contributed by atoms with van der Waals surface area (Å²) in [5, 5.41) is 11.9. The molecule has 0 fully saturated rings. The van der Waals surface area contributed by atoms with Gasteiger partial charge in [-0.3, -0.25) is 5.32 Å². The molecule has 0 atom stereocenters. The number of ether oxygens (including phenoxy) is 1. The molecule has 2 N–H and O–H groups in total. The summed E-state index contributed by atoms with van der Waals surface area (Å²) >= 11 is 4.55. The molecule has 128 valence electrons. The summed E-state index contributed by atoms with van der Waals surface area (Å²) in [7, 11) is 0. The molecule has 0 unspecified atom stereocenters. The minimum Gasteiger partial charge on any atom is -0.477 e. The number of amides is 1. The highest BCUT2D eigenvalue weighted by molar-refractivity contribution is 9.10. The molecular weight excluding hydrogens is 394 g/mol. The molecule has 5 nitrogen and oxygen atoms in total. The molecule has 24 heavy (non-hydrogen) atoms. The van der Waals surface area contributed by atoms with E-state index in [1.807, 2.05) is 51.1 Å². The Morgan fingerprint density at radius 2 is 1.88 bits per heavy atom. The number of halogens is 1. The summed E-state index contributed by atoms with van der Waals surface area (Å²) in [5.41, 5.74) is 0.836. The summed E-state index contributed by atoms with van der Waals surface area (Å²) < 4.78 is 5.74. The second kappa shape index (κ2) is 7.36. The van der Waals surface area contributed by atoms with Crippen LogP contribution >= 0.6 is 27.3 Å². The molecule has 1 amide bonds. The van der Waals surface area contributed by atoms with Crippen molar-refractivity contribution in [1.82, 2.24) is 0 Å². The zero-order valence-corrected chi connectivity index (χ0v) is 16.0. The average molecular weight is 412 g/mol. The second-order valence-corrected chi connectivity index (χ2v) is 8.00. The average Bonchev–Trinajstić information content (AvgIpc) is 2.83. The lowest BCUT2D eigenvalue weighted by molar-refractivity contribution is 0.0703. The SMILES string of the molecule is CC(C)(C)c1sc(C(=O)O)c(NC(=O)OCc2ccccc2)c1Br. The first-order valence-corrected chi connectivity index (χ1v) is 8.85. The monoisotopic (exact) mass is 411 g/mol. The van der Waals surface area contributed by atoms with E-state index in [0.717, 1.165) is 21.8 Å². The van der Waals surface area contributed by atoms with Crippen molar-refractivity contribution in [2.45, 2.75) is 32.8 Å². The van der Waals surface area contributed by atoms with Gasteiger partial charge in [0.2, 0.25) is 0 Å². The van der Waals surface area contributed by atoms with E-state index in [-0.39, 0.29) is 22.6 Å². The third-order valence-corrected chi connectivity index (χ3v) is 5.82. The van der Waals surface area contributed by atoms with E-state index >= 15 is 0 Å². The third-order valence-electron chi connectivity index (χ3n) is 3.17. The van der Waals surface area contributed by atoms with E-state index < -0.39 is 12.1 Å². The molecule has 0 aliphatic carbocycles. The molecule has 0 aliphatic heterocycles. The van der Waals surface area contributed by atoms with E-state index in [2.05, 4.69) is 21.2 Å². The number of carboxylic acids is 1. The highest BCUT2D eigenvalue weighted by Gasteiger charge is 2.28. The molecule has 0 spiro atoms. The van der Waals surface area contributed by atoms with Crippen LogP contribution in [0.1, 0.15) is 40.9 Å². The van der Waals surface area contributed by atoms with Crippen molar-refractivity contribution in [2.75, 3.05) is 5.32 Å². The molecule has 0 radical (unpaired) electrons. The van der Waals surface area contributed by atoms with Crippen LogP contribution < -0.4 is 5.32 Å².